The lowest BCUT2D eigenvalue weighted by molar-refractivity contribution is -0.155. The van der Waals surface area contributed by atoms with E-state index in [0.717, 1.165) is 5.75 Å². The highest BCUT2D eigenvalue weighted by Gasteiger charge is 2.59. The predicted octanol–water partition coefficient (Wildman–Crippen LogP) is 1.46. The predicted molar refractivity (Wildman–Crippen MR) is 95.8 cm³/mol. The third kappa shape index (κ3) is 4.22. The van der Waals surface area contributed by atoms with Crippen molar-refractivity contribution in [1.82, 2.24) is 9.80 Å². The van der Waals surface area contributed by atoms with Gasteiger partial charge in [0, 0.05) is 13.1 Å². The van der Waals surface area contributed by atoms with Gasteiger partial charge in [-0.05, 0) is 38.0 Å². The van der Waals surface area contributed by atoms with Crippen LogP contribution in [0.25, 0.3) is 0 Å². The molecule has 1 aliphatic carbocycles. The molecule has 0 atom stereocenters. The second-order valence-electron chi connectivity index (χ2n) is 6.36. The van der Waals surface area contributed by atoms with Gasteiger partial charge in [-0.1, -0.05) is 24.3 Å². The van der Waals surface area contributed by atoms with Crippen LogP contribution in [0.15, 0.2) is 36.9 Å². The zero-order chi connectivity index (χ0) is 19.3. The number of benzene rings is 1. The van der Waals surface area contributed by atoms with Gasteiger partial charge in [-0.25, -0.2) is 0 Å². The average Bonchev–Trinajstić information content (AvgIpc) is 3.41. The second kappa shape index (κ2) is 8.03. The van der Waals surface area contributed by atoms with Crippen molar-refractivity contribution in [3.05, 3.63) is 42.5 Å². The number of hydrogen-bond donors (Lipinski definition) is 1. The molecule has 1 aliphatic heterocycles. The molecule has 7 nitrogen and oxygen atoms in total. The van der Waals surface area contributed by atoms with Crippen LogP contribution in [0.1, 0.15) is 18.4 Å². The van der Waals surface area contributed by atoms with Crippen molar-refractivity contribution < 1.29 is 24.2 Å². The van der Waals surface area contributed by atoms with Gasteiger partial charge in [-0.3, -0.25) is 14.4 Å². The van der Waals surface area contributed by atoms with E-state index < -0.39 is 11.5 Å². The molecule has 2 aliphatic rings. The Kier molecular flexibility index (Phi) is 6.02. The topological polar surface area (TPSA) is 87.2 Å². The number of aliphatic carboxylic acids is 1. The van der Waals surface area contributed by atoms with E-state index in [2.05, 4.69) is 13.5 Å². The molecular formula is C19H24N2O5. The maximum Gasteiger partial charge on any atom is 0.323 e. The molecule has 1 saturated carbocycles. The number of carboxylic acid groups (broad SMARTS) is 1. The summed E-state index contributed by atoms with van der Waals surface area (Å²) >= 11 is 0. The highest BCUT2D eigenvalue weighted by atomic mass is 16.5. The first-order chi connectivity index (χ1) is 12.3. The zero-order valence-electron chi connectivity index (χ0n) is 15.1. The Morgan fingerprint density at radius 1 is 1.27 bits per heavy atom. The van der Waals surface area contributed by atoms with Crippen molar-refractivity contribution >= 4 is 17.8 Å². The first-order valence-electron chi connectivity index (χ1n) is 8.40. The van der Waals surface area contributed by atoms with Gasteiger partial charge < -0.3 is 19.6 Å². The fourth-order valence-electron chi connectivity index (χ4n) is 2.97. The Morgan fingerprint density at radius 2 is 1.88 bits per heavy atom. The lowest BCUT2D eigenvalue weighted by Gasteiger charge is -2.40. The summed E-state index contributed by atoms with van der Waals surface area (Å²) in [5, 5.41) is 8.70. The Hall–Kier alpha value is -2.83. The second-order valence-corrected chi connectivity index (χ2v) is 6.36. The van der Waals surface area contributed by atoms with Crippen molar-refractivity contribution in [2.24, 2.45) is 0 Å². The summed E-state index contributed by atoms with van der Waals surface area (Å²) in [7, 11) is 1.67. The van der Waals surface area contributed by atoms with Gasteiger partial charge in [0.2, 0.25) is 11.8 Å². The van der Waals surface area contributed by atoms with Crippen molar-refractivity contribution in [3.8, 4) is 5.75 Å². The van der Waals surface area contributed by atoms with Gasteiger partial charge in [0.25, 0.3) is 0 Å². The van der Waals surface area contributed by atoms with Crippen LogP contribution in [0.2, 0.25) is 0 Å². The number of methoxy groups -OCH3 is 1. The standard InChI is InChI=1S/C11H14N2O4.C8H10O/c1-2-8(14)13-6-5-12(7-9(15)16)10(17)11(13)3-4-11;1-7-3-5-8(9-2)6-4-7/h2H,1,3-7H2,(H,15,16);3-6H,1-2H3. The number of carboxylic acids is 1. The monoisotopic (exact) mass is 360 g/mol. The number of carbonyl (C=O) groups excluding carboxylic acids is 2. The van der Waals surface area contributed by atoms with E-state index in [1.54, 1.807) is 7.11 Å². The molecule has 2 amide bonds. The number of aryl methyl sites for hydroxylation is 1. The molecule has 1 saturated heterocycles. The van der Waals surface area contributed by atoms with Crippen molar-refractivity contribution in [2.45, 2.75) is 25.3 Å². The number of carbonyl (C=O) groups is 3. The molecule has 2 fully saturated rings. The Labute approximate surface area is 152 Å². The molecule has 0 bridgehead atoms. The molecule has 1 spiro atoms. The van der Waals surface area contributed by atoms with Crippen molar-refractivity contribution in [1.29, 1.82) is 0 Å². The highest BCUT2D eigenvalue weighted by Crippen LogP contribution is 2.45. The molecule has 7 heteroatoms. The lowest BCUT2D eigenvalue weighted by atomic mass is 10.1. The van der Waals surface area contributed by atoms with Crippen LogP contribution in [0.3, 0.4) is 0 Å². The molecule has 1 heterocycles. The number of nitrogens with zero attached hydrogens (tertiary/aromatic N) is 2. The van der Waals surface area contributed by atoms with Crippen LogP contribution in [0.4, 0.5) is 0 Å². The summed E-state index contributed by atoms with van der Waals surface area (Å²) in [5.41, 5.74) is 0.481. The largest absolute Gasteiger partial charge is 0.497 e. The molecule has 140 valence electrons. The van der Waals surface area contributed by atoms with Crippen LogP contribution in [0, 0.1) is 6.92 Å². The SMILES string of the molecule is C=CC(=O)N1CCN(CC(=O)O)C(=O)C12CC2.COc1ccc(C)cc1. The third-order valence-electron chi connectivity index (χ3n) is 4.54. The van der Waals surface area contributed by atoms with Crippen LogP contribution in [-0.2, 0) is 14.4 Å². The van der Waals surface area contributed by atoms with Crippen molar-refractivity contribution in [3.63, 3.8) is 0 Å². The molecule has 1 N–H and O–H groups in total. The smallest absolute Gasteiger partial charge is 0.323 e. The molecule has 0 unspecified atom stereocenters. The van der Waals surface area contributed by atoms with Gasteiger partial charge >= 0.3 is 5.97 Å². The quantitative estimate of drug-likeness (QED) is 0.822. The Bertz CT molecular complexity index is 694. The summed E-state index contributed by atoms with van der Waals surface area (Å²) in [5.74, 6) is -0.620. The molecule has 1 aromatic rings. The van der Waals surface area contributed by atoms with Gasteiger partial charge in [-0.2, -0.15) is 0 Å². The average molecular weight is 360 g/mol. The number of rotatable bonds is 4. The molecule has 1 aromatic carbocycles. The molecular weight excluding hydrogens is 336 g/mol. The van der Waals surface area contributed by atoms with E-state index in [0.29, 0.717) is 19.4 Å². The summed E-state index contributed by atoms with van der Waals surface area (Å²) in [6, 6.07) is 7.96. The van der Waals surface area contributed by atoms with Crippen LogP contribution < -0.4 is 4.74 Å². The minimum atomic E-state index is -1.03. The fraction of sp³-hybridized carbons (Fsp3) is 0.421. The maximum atomic E-state index is 12.1. The van der Waals surface area contributed by atoms with Crippen LogP contribution in [-0.4, -0.2) is 65.0 Å². The summed E-state index contributed by atoms with van der Waals surface area (Å²) < 4.78 is 4.97. The molecule has 26 heavy (non-hydrogen) atoms. The van der Waals surface area contributed by atoms with E-state index in [4.69, 9.17) is 9.84 Å². The zero-order valence-corrected chi connectivity index (χ0v) is 15.1. The van der Waals surface area contributed by atoms with E-state index in [1.165, 1.54) is 21.4 Å². The van der Waals surface area contributed by atoms with Crippen LogP contribution in [0.5, 0.6) is 5.75 Å². The first kappa shape index (κ1) is 19.5. The number of hydrogen-bond acceptors (Lipinski definition) is 4. The molecule has 0 radical (unpaired) electrons. The molecule has 0 aromatic heterocycles. The van der Waals surface area contributed by atoms with Crippen molar-refractivity contribution in [2.75, 3.05) is 26.7 Å². The highest BCUT2D eigenvalue weighted by molar-refractivity contribution is 5.99. The van der Waals surface area contributed by atoms with Crippen LogP contribution >= 0.6 is 0 Å². The maximum absolute atomic E-state index is 12.1. The fourth-order valence-corrected chi connectivity index (χ4v) is 2.97. The Morgan fingerprint density at radius 3 is 2.35 bits per heavy atom. The molecule has 3 rings (SSSR count). The van der Waals surface area contributed by atoms with Gasteiger partial charge in [0.1, 0.15) is 17.8 Å². The normalized spacial score (nSPS) is 17.2. The third-order valence-corrected chi connectivity index (χ3v) is 4.54. The number of amides is 2. The lowest BCUT2D eigenvalue weighted by Crippen LogP contribution is -2.61. The van der Waals surface area contributed by atoms with Gasteiger partial charge in [0.05, 0.1) is 7.11 Å². The first-order valence-corrected chi connectivity index (χ1v) is 8.40. The van der Waals surface area contributed by atoms with E-state index in [-0.39, 0.29) is 24.9 Å². The van der Waals surface area contributed by atoms with E-state index >= 15 is 0 Å². The summed E-state index contributed by atoms with van der Waals surface area (Å²) in [6.07, 6.45) is 2.42. The number of piperazine rings is 1. The van der Waals surface area contributed by atoms with Gasteiger partial charge in [-0.15, -0.1) is 0 Å². The van der Waals surface area contributed by atoms with E-state index in [1.807, 2.05) is 24.3 Å². The van der Waals surface area contributed by atoms with E-state index in [9.17, 15) is 14.4 Å². The number of ether oxygens (including phenoxy) is 1. The Balaban J connectivity index is 0.000000228. The minimum absolute atomic E-state index is 0.249. The summed E-state index contributed by atoms with van der Waals surface area (Å²) in [4.78, 5) is 37.2. The minimum Gasteiger partial charge on any atom is -0.497 e. The summed E-state index contributed by atoms with van der Waals surface area (Å²) in [6.45, 7) is 5.82. The van der Waals surface area contributed by atoms with Gasteiger partial charge in [0.15, 0.2) is 0 Å².